The minimum Gasteiger partial charge on any atom is -0.372 e. The average molecular weight is 229 g/mol. The number of unbranched alkanes of at least 4 members (excludes halogenated alkanes) is 1. The van der Waals surface area contributed by atoms with E-state index in [9.17, 15) is 9.59 Å². The van der Waals surface area contributed by atoms with Crippen LogP contribution >= 0.6 is 0 Å². The van der Waals surface area contributed by atoms with Crippen LogP contribution in [-0.4, -0.2) is 24.5 Å². The van der Waals surface area contributed by atoms with E-state index in [2.05, 4.69) is 22.6 Å². The molecule has 0 aromatic rings. The highest BCUT2D eigenvalue weighted by atomic mass is 16.7. The van der Waals surface area contributed by atoms with E-state index in [1.54, 1.807) is 6.92 Å². The van der Waals surface area contributed by atoms with Crippen LogP contribution in [0.1, 0.15) is 26.2 Å². The van der Waals surface area contributed by atoms with E-state index in [1.165, 1.54) is 0 Å². The molecule has 0 aliphatic heterocycles. The Labute approximate surface area is 95.0 Å². The van der Waals surface area contributed by atoms with Crippen molar-refractivity contribution in [2.24, 2.45) is 11.6 Å². The van der Waals surface area contributed by atoms with E-state index in [1.807, 2.05) is 0 Å². The van der Waals surface area contributed by atoms with E-state index in [-0.39, 0.29) is 5.91 Å². The Bertz CT molecular complexity index is 266. The first-order valence-electron chi connectivity index (χ1n) is 5.09. The molecular formula is C10H19N3O3. The molecule has 0 fully saturated rings. The molecule has 0 aliphatic rings. The summed E-state index contributed by atoms with van der Waals surface area (Å²) in [4.78, 5) is 25.9. The molecule has 1 unspecified atom stereocenters. The van der Waals surface area contributed by atoms with Gasteiger partial charge in [0.25, 0.3) is 0 Å². The molecule has 0 saturated heterocycles. The molecule has 0 aromatic carbocycles. The quantitative estimate of drug-likeness (QED) is 0.312. The van der Waals surface area contributed by atoms with Gasteiger partial charge in [-0.05, 0) is 26.2 Å². The molecule has 5 N–H and O–H groups in total. The number of carbonyl (C=O) groups excluding carboxylic acids is 2. The monoisotopic (exact) mass is 229 g/mol. The molecule has 0 rings (SSSR count). The van der Waals surface area contributed by atoms with Crippen LogP contribution in [0.15, 0.2) is 12.2 Å². The zero-order valence-corrected chi connectivity index (χ0v) is 9.49. The van der Waals surface area contributed by atoms with Gasteiger partial charge < -0.3 is 15.9 Å². The van der Waals surface area contributed by atoms with Crippen LogP contribution in [0.3, 0.4) is 0 Å². The summed E-state index contributed by atoms with van der Waals surface area (Å²) < 4.78 is 0. The van der Waals surface area contributed by atoms with E-state index in [0.29, 0.717) is 25.0 Å². The zero-order chi connectivity index (χ0) is 12.6. The number of amides is 1. The molecule has 0 radical (unpaired) electrons. The highest BCUT2D eigenvalue weighted by Crippen LogP contribution is 1.99. The van der Waals surface area contributed by atoms with Crippen LogP contribution < -0.4 is 16.9 Å². The lowest BCUT2D eigenvalue weighted by Crippen LogP contribution is -2.34. The predicted molar refractivity (Wildman–Crippen MR) is 59.9 cm³/mol. The van der Waals surface area contributed by atoms with Crippen molar-refractivity contribution in [2.45, 2.75) is 32.2 Å². The lowest BCUT2D eigenvalue weighted by molar-refractivity contribution is -0.146. The number of nitrogens with two attached hydrogens (primary N) is 2. The van der Waals surface area contributed by atoms with E-state index < -0.39 is 12.0 Å². The molecular weight excluding hydrogens is 210 g/mol. The summed E-state index contributed by atoms with van der Waals surface area (Å²) in [6.07, 6.45) is 1.94. The molecule has 6 heteroatoms. The van der Waals surface area contributed by atoms with Gasteiger partial charge in [0.1, 0.15) is 6.04 Å². The molecule has 0 heterocycles. The summed E-state index contributed by atoms with van der Waals surface area (Å²) in [5.41, 5.74) is 5.94. The minimum atomic E-state index is -0.693. The number of nitrogens with one attached hydrogen (secondary N) is 1. The summed E-state index contributed by atoms with van der Waals surface area (Å²) in [7, 11) is 0. The molecule has 0 bridgehead atoms. The number of carbonyl (C=O) groups is 2. The van der Waals surface area contributed by atoms with Crippen molar-refractivity contribution >= 4 is 11.9 Å². The van der Waals surface area contributed by atoms with Gasteiger partial charge in [0.2, 0.25) is 5.91 Å². The number of hydrogen-bond donors (Lipinski definition) is 3. The van der Waals surface area contributed by atoms with Crippen molar-refractivity contribution in [1.82, 2.24) is 5.32 Å². The standard InChI is InChI=1S/C10H19N3O3/c1-7(2)9(14)13-6-4-3-5-8(11)10(15)16-12/h8H,1,3-6,11-12H2,2H3,(H,13,14). The van der Waals surface area contributed by atoms with Gasteiger partial charge in [0.15, 0.2) is 0 Å². The first-order chi connectivity index (χ1) is 7.49. The van der Waals surface area contributed by atoms with Crippen LogP contribution in [-0.2, 0) is 14.4 Å². The largest absolute Gasteiger partial charge is 0.372 e. The van der Waals surface area contributed by atoms with Gasteiger partial charge in [-0.2, -0.15) is 5.90 Å². The molecule has 1 amide bonds. The van der Waals surface area contributed by atoms with Gasteiger partial charge in [-0.25, -0.2) is 4.79 Å². The fourth-order valence-corrected chi connectivity index (χ4v) is 1.05. The van der Waals surface area contributed by atoms with E-state index >= 15 is 0 Å². The highest BCUT2D eigenvalue weighted by Gasteiger charge is 2.13. The van der Waals surface area contributed by atoms with E-state index in [0.717, 1.165) is 6.42 Å². The SMILES string of the molecule is C=C(C)C(=O)NCCCCC(N)C(=O)ON. The second kappa shape index (κ2) is 7.84. The Morgan fingerprint density at radius 2 is 2.06 bits per heavy atom. The second-order valence-corrected chi connectivity index (χ2v) is 3.58. The van der Waals surface area contributed by atoms with Gasteiger partial charge in [0, 0.05) is 12.1 Å². The zero-order valence-electron chi connectivity index (χ0n) is 9.49. The summed E-state index contributed by atoms with van der Waals surface area (Å²) in [6.45, 7) is 5.69. The minimum absolute atomic E-state index is 0.161. The Morgan fingerprint density at radius 1 is 1.44 bits per heavy atom. The number of rotatable bonds is 7. The van der Waals surface area contributed by atoms with Gasteiger partial charge in [0.05, 0.1) is 0 Å². The third-order valence-corrected chi connectivity index (χ3v) is 2.03. The third-order valence-electron chi connectivity index (χ3n) is 2.03. The van der Waals surface area contributed by atoms with Crippen LogP contribution in [0, 0.1) is 0 Å². The van der Waals surface area contributed by atoms with Crippen molar-refractivity contribution in [2.75, 3.05) is 6.54 Å². The predicted octanol–water partition coefficient (Wildman–Crippen LogP) is -0.407. The maximum Gasteiger partial charge on any atom is 0.341 e. The van der Waals surface area contributed by atoms with Crippen LogP contribution in [0.25, 0.3) is 0 Å². The molecule has 16 heavy (non-hydrogen) atoms. The second-order valence-electron chi connectivity index (χ2n) is 3.58. The Kier molecular flexibility index (Phi) is 7.15. The lowest BCUT2D eigenvalue weighted by atomic mass is 10.1. The van der Waals surface area contributed by atoms with Gasteiger partial charge in [-0.1, -0.05) is 6.58 Å². The Balaban J connectivity index is 3.51. The fourth-order valence-electron chi connectivity index (χ4n) is 1.05. The normalized spacial score (nSPS) is 11.7. The molecule has 1 atom stereocenters. The maximum atomic E-state index is 11.1. The van der Waals surface area contributed by atoms with Gasteiger partial charge in [-0.3, -0.25) is 4.79 Å². The molecule has 92 valence electrons. The van der Waals surface area contributed by atoms with Crippen molar-refractivity contribution in [3.05, 3.63) is 12.2 Å². The lowest BCUT2D eigenvalue weighted by Gasteiger charge is -2.08. The number of hydrogen-bond acceptors (Lipinski definition) is 5. The topological polar surface area (TPSA) is 107 Å². The van der Waals surface area contributed by atoms with Crippen LogP contribution in [0.2, 0.25) is 0 Å². The summed E-state index contributed by atoms with van der Waals surface area (Å²) in [5, 5.41) is 2.68. The average Bonchev–Trinajstić information content (AvgIpc) is 2.26. The summed E-state index contributed by atoms with van der Waals surface area (Å²) in [5.74, 6) is 3.90. The highest BCUT2D eigenvalue weighted by molar-refractivity contribution is 5.91. The molecule has 0 aliphatic carbocycles. The van der Waals surface area contributed by atoms with Gasteiger partial charge >= 0.3 is 5.97 Å². The Morgan fingerprint density at radius 3 is 2.56 bits per heavy atom. The Hall–Kier alpha value is -1.40. The maximum absolute atomic E-state index is 11.1. The first-order valence-corrected chi connectivity index (χ1v) is 5.09. The fraction of sp³-hybridized carbons (Fsp3) is 0.600. The molecule has 6 nitrogen and oxygen atoms in total. The van der Waals surface area contributed by atoms with Crippen molar-refractivity contribution < 1.29 is 14.4 Å². The first kappa shape index (κ1) is 14.6. The molecule has 0 spiro atoms. The molecule has 0 saturated carbocycles. The van der Waals surface area contributed by atoms with Crippen LogP contribution in [0.5, 0.6) is 0 Å². The molecule has 0 aromatic heterocycles. The van der Waals surface area contributed by atoms with Gasteiger partial charge in [-0.15, -0.1) is 0 Å². The summed E-state index contributed by atoms with van der Waals surface area (Å²) in [6, 6.07) is -0.693. The van der Waals surface area contributed by atoms with E-state index in [4.69, 9.17) is 5.73 Å². The van der Waals surface area contributed by atoms with Crippen molar-refractivity contribution in [1.29, 1.82) is 0 Å². The van der Waals surface area contributed by atoms with Crippen LogP contribution in [0.4, 0.5) is 0 Å². The van der Waals surface area contributed by atoms with Crippen molar-refractivity contribution in [3.63, 3.8) is 0 Å². The smallest absolute Gasteiger partial charge is 0.341 e. The third kappa shape index (κ3) is 6.15. The van der Waals surface area contributed by atoms with Crippen molar-refractivity contribution in [3.8, 4) is 0 Å². The summed E-state index contributed by atoms with van der Waals surface area (Å²) >= 11 is 0.